The number of nitrogens with zero attached hydrogens (tertiary/aromatic N) is 2. The second-order valence-electron chi connectivity index (χ2n) is 3.43. The van der Waals surface area contributed by atoms with Crippen LogP contribution in [0.25, 0.3) is 11.1 Å². The lowest BCUT2D eigenvalue weighted by molar-refractivity contribution is 1.22. The van der Waals surface area contributed by atoms with Crippen LogP contribution in [0.1, 0.15) is 5.56 Å². The molecule has 0 amide bonds. The maximum Gasteiger partial charge on any atom is 0.131 e. The van der Waals surface area contributed by atoms with Crippen molar-refractivity contribution in [2.75, 3.05) is 5.73 Å². The molecule has 0 radical (unpaired) electrons. The van der Waals surface area contributed by atoms with E-state index in [-0.39, 0.29) is 0 Å². The second kappa shape index (κ2) is 4.45. The first-order chi connectivity index (χ1) is 7.83. The Labute approximate surface area is 94.2 Å². The maximum absolute atomic E-state index is 8.77. The van der Waals surface area contributed by atoms with Crippen molar-refractivity contribution in [3.05, 3.63) is 48.2 Å². The van der Waals surface area contributed by atoms with Crippen LogP contribution >= 0.6 is 0 Å². The normalized spacial score (nSPS) is 9.69. The van der Waals surface area contributed by atoms with Gasteiger partial charge in [0.05, 0.1) is 12.5 Å². The molecule has 2 N–H and O–H groups in total. The summed E-state index contributed by atoms with van der Waals surface area (Å²) in [6.07, 6.45) is 1.98. The minimum Gasteiger partial charge on any atom is -0.383 e. The zero-order valence-electron chi connectivity index (χ0n) is 8.72. The third-order valence-corrected chi connectivity index (χ3v) is 2.40. The number of rotatable bonds is 2. The fourth-order valence-corrected chi connectivity index (χ4v) is 1.69. The predicted octanol–water partition coefficient (Wildman–Crippen LogP) is 2.40. The lowest BCUT2D eigenvalue weighted by atomic mass is 9.99. The minimum atomic E-state index is 0.344. The van der Waals surface area contributed by atoms with Crippen LogP contribution < -0.4 is 5.73 Å². The summed E-state index contributed by atoms with van der Waals surface area (Å²) in [6, 6.07) is 13.7. The molecule has 2 aromatic rings. The van der Waals surface area contributed by atoms with E-state index in [1.54, 1.807) is 6.20 Å². The zero-order chi connectivity index (χ0) is 11.4. The number of nitrogen functional groups attached to an aromatic ring is 1. The summed E-state index contributed by atoms with van der Waals surface area (Å²) >= 11 is 0. The largest absolute Gasteiger partial charge is 0.383 e. The molecule has 3 heteroatoms. The number of aromatic nitrogens is 1. The summed E-state index contributed by atoms with van der Waals surface area (Å²) in [7, 11) is 0. The van der Waals surface area contributed by atoms with Crippen molar-refractivity contribution in [2.45, 2.75) is 6.42 Å². The highest BCUT2D eigenvalue weighted by molar-refractivity contribution is 5.77. The lowest BCUT2D eigenvalue weighted by Gasteiger charge is -2.09. The molecule has 78 valence electrons. The Kier molecular flexibility index (Phi) is 2.84. The van der Waals surface area contributed by atoms with E-state index in [4.69, 9.17) is 11.0 Å². The number of anilines is 1. The van der Waals surface area contributed by atoms with Gasteiger partial charge in [0.1, 0.15) is 5.82 Å². The van der Waals surface area contributed by atoms with Gasteiger partial charge in [0, 0.05) is 11.8 Å². The molecule has 16 heavy (non-hydrogen) atoms. The Balaban J connectivity index is 2.60. The first-order valence-electron chi connectivity index (χ1n) is 4.98. The van der Waals surface area contributed by atoms with E-state index in [0.29, 0.717) is 12.2 Å². The van der Waals surface area contributed by atoms with E-state index in [9.17, 15) is 0 Å². The van der Waals surface area contributed by atoms with Gasteiger partial charge in [0.2, 0.25) is 0 Å². The standard InChI is InChI=1S/C13H11N3/c14-8-6-11-7-9-16-13(15)12(11)10-4-2-1-3-5-10/h1-5,7,9H,6H2,(H2,15,16). The maximum atomic E-state index is 8.77. The highest BCUT2D eigenvalue weighted by Gasteiger charge is 2.08. The monoisotopic (exact) mass is 209 g/mol. The highest BCUT2D eigenvalue weighted by Crippen LogP contribution is 2.28. The van der Waals surface area contributed by atoms with Crippen molar-refractivity contribution >= 4 is 5.82 Å². The fraction of sp³-hybridized carbons (Fsp3) is 0.0769. The molecule has 0 unspecified atom stereocenters. The summed E-state index contributed by atoms with van der Waals surface area (Å²) in [5.41, 5.74) is 8.64. The second-order valence-corrected chi connectivity index (χ2v) is 3.43. The van der Waals surface area contributed by atoms with Crippen LogP contribution in [0.3, 0.4) is 0 Å². The van der Waals surface area contributed by atoms with Crippen LogP contribution in [0.5, 0.6) is 0 Å². The van der Waals surface area contributed by atoms with E-state index in [1.165, 1.54) is 0 Å². The van der Waals surface area contributed by atoms with Crippen molar-refractivity contribution in [1.82, 2.24) is 4.98 Å². The summed E-state index contributed by atoms with van der Waals surface area (Å²) in [4.78, 5) is 4.07. The zero-order valence-corrected chi connectivity index (χ0v) is 8.72. The molecule has 0 aliphatic rings. The molecule has 0 saturated carbocycles. The molecular weight excluding hydrogens is 198 g/mol. The molecule has 3 nitrogen and oxygen atoms in total. The first kappa shape index (κ1) is 10.2. The van der Waals surface area contributed by atoms with Crippen molar-refractivity contribution in [3.8, 4) is 17.2 Å². The van der Waals surface area contributed by atoms with Gasteiger partial charge >= 0.3 is 0 Å². The number of hydrogen-bond acceptors (Lipinski definition) is 3. The average Bonchev–Trinajstić information content (AvgIpc) is 2.31. The third kappa shape index (κ3) is 1.86. The molecule has 2 rings (SSSR count). The molecule has 1 aromatic heterocycles. The van der Waals surface area contributed by atoms with Crippen LogP contribution in [0.4, 0.5) is 5.82 Å². The van der Waals surface area contributed by atoms with Gasteiger partial charge in [-0.05, 0) is 17.2 Å². The fourth-order valence-electron chi connectivity index (χ4n) is 1.69. The van der Waals surface area contributed by atoms with Crippen LogP contribution in [0.2, 0.25) is 0 Å². The van der Waals surface area contributed by atoms with Gasteiger partial charge in [-0.1, -0.05) is 30.3 Å². The molecule has 0 fully saturated rings. The topological polar surface area (TPSA) is 62.7 Å². The van der Waals surface area contributed by atoms with Crippen LogP contribution in [0.15, 0.2) is 42.6 Å². The molecule has 0 aliphatic carbocycles. The minimum absolute atomic E-state index is 0.344. The quantitative estimate of drug-likeness (QED) is 0.826. The summed E-state index contributed by atoms with van der Waals surface area (Å²) < 4.78 is 0. The third-order valence-electron chi connectivity index (χ3n) is 2.40. The van der Waals surface area contributed by atoms with Crippen molar-refractivity contribution in [2.24, 2.45) is 0 Å². The SMILES string of the molecule is N#CCc1ccnc(N)c1-c1ccccc1. The summed E-state index contributed by atoms with van der Waals surface area (Å²) in [6.45, 7) is 0. The van der Waals surface area contributed by atoms with E-state index >= 15 is 0 Å². The smallest absolute Gasteiger partial charge is 0.131 e. The molecule has 0 spiro atoms. The van der Waals surface area contributed by atoms with Gasteiger partial charge in [-0.25, -0.2) is 4.98 Å². The van der Waals surface area contributed by atoms with E-state index in [0.717, 1.165) is 16.7 Å². The number of pyridine rings is 1. The number of hydrogen-bond donors (Lipinski definition) is 1. The Morgan fingerprint density at radius 1 is 1.19 bits per heavy atom. The van der Waals surface area contributed by atoms with Crippen LogP contribution in [-0.4, -0.2) is 4.98 Å². The number of nitrogens with two attached hydrogens (primary N) is 1. The van der Waals surface area contributed by atoms with Gasteiger partial charge in [-0.2, -0.15) is 5.26 Å². The van der Waals surface area contributed by atoms with Gasteiger partial charge in [0.25, 0.3) is 0 Å². The van der Waals surface area contributed by atoms with Gasteiger partial charge in [-0.3, -0.25) is 0 Å². The molecule has 0 bridgehead atoms. The van der Waals surface area contributed by atoms with Crippen molar-refractivity contribution in [3.63, 3.8) is 0 Å². The van der Waals surface area contributed by atoms with Gasteiger partial charge < -0.3 is 5.73 Å². The van der Waals surface area contributed by atoms with Crippen LogP contribution in [0, 0.1) is 11.3 Å². The van der Waals surface area contributed by atoms with Crippen molar-refractivity contribution in [1.29, 1.82) is 5.26 Å². The van der Waals surface area contributed by atoms with E-state index < -0.39 is 0 Å². The Morgan fingerprint density at radius 3 is 2.62 bits per heavy atom. The molecule has 0 atom stereocenters. The Morgan fingerprint density at radius 2 is 1.94 bits per heavy atom. The summed E-state index contributed by atoms with van der Waals surface area (Å²) in [5.74, 6) is 0.471. The Bertz CT molecular complexity index is 527. The number of nitriles is 1. The van der Waals surface area contributed by atoms with Gasteiger partial charge in [-0.15, -0.1) is 0 Å². The first-order valence-corrected chi connectivity index (χ1v) is 4.98. The average molecular weight is 209 g/mol. The molecule has 1 heterocycles. The molecule has 0 saturated heterocycles. The van der Waals surface area contributed by atoms with E-state index in [2.05, 4.69) is 11.1 Å². The van der Waals surface area contributed by atoms with Gasteiger partial charge in [0.15, 0.2) is 0 Å². The number of benzene rings is 1. The van der Waals surface area contributed by atoms with Crippen LogP contribution in [-0.2, 0) is 6.42 Å². The van der Waals surface area contributed by atoms with E-state index in [1.807, 2.05) is 36.4 Å². The predicted molar refractivity (Wildman–Crippen MR) is 63.4 cm³/mol. The highest BCUT2D eigenvalue weighted by atomic mass is 14.8. The molecule has 0 aliphatic heterocycles. The summed E-state index contributed by atoms with van der Waals surface area (Å²) in [5, 5.41) is 8.77. The Hall–Kier alpha value is -2.34. The molecule has 1 aromatic carbocycles. The molecular formula is C13H11N3. The van der Waals surface area contributed by atoms with Crippen molar-refractivity contribution < 1.29 is 0 Å². The lowest BCUT2D eigenvalue weighted by Crippen LogP contribution is -1.98.